The van der Waals surface area contributed by atoms with E-state index in [9.17, 15) is 14.7 Å². The molecule has 1 aliphatic rings. The smallest absolute Gasteiger partial charge is 0.307 e. The van der Waals surface area contributed by atoms with E-state index in [1.54, 1.807) is 0 Å². The normalized spacial score (nSPS) is 34.6. The average Bonchev–Trinajstić information content (AvgIpc) is 2.19. The van der Waals surface area contributed by atoms with Crippen LogP contribution in [-0.2, 0) is 9.59 Å². The Morgan fingerprint density at radius 2 is 1.69 bits per heavy atom. The lowest BCUT2D eigenvalue weighted by Gasteiger charge is -2.37. The van der Waals surface area contributed by atoms with Crippen LogP contribution >= 0.6 is 0 Å². The maximum atomic E-state index is 11.2. The Morgan fingerprint density at radius 1 is 1.12 bits per heavy atom. The molecular formula is C12H20O4. The second kappa shape index (κ2) is 5.32. The van der Waals surface area contributed by atoms with E-state index in [1.807, 2.05) is 13.8 Å². The van der Waals surface area contributed by atoms with Crippen molar-refractivity contribution in [3.8, 4) is 0 Å². The fourth-order valence-electron chi connectivity index (χ4n) is 2.93. The van der Waals surface area contributed by atoms with Crippen LogP contribution in [0.2, 0.25) is 0 Å². The van der Waals surface area contributed by atoms with Gasteiger partial charge in [0.2, 0.25) is 0 Å². The molecule has 0 bridgehead atoms. The molecule has 0 saturated heterocycles. The molecule has 0 spiro atoms. The van der Waals surface area contributed by atoms with Crippen molar-refractivity contribution in [2.45, 2.75) is 39.5 Å². The van der Waals surface area contributed by atoms with Crippen LogP contribution in [0.15, 0.2) is 0 Å². The Kier molecular flexibility index (Phi) is 4.33. The van der Waals surface area contributed by atoms with Crippen LogP contribution in [0.5, 0.6) is 0 Å². The highest BCUT2D eigenvalue weighted by Crippen LogP contribution is 2.41. The standard InChI is InChI=1S/C12H20O4/c1-3-4-8-6-5-7(2)9(11(13)14)10(8)12(15)16/h7-10H,3-6H2,1-2H3,(H,13,14)(H,15,16). The van der Waals surface area contributed by atoms with Gasteiger partial charge < -0.3 is 10.2 Å². The molecule has 0 radical (unpaired) electrons. The maximum absolute atomic E-state index is 11.2. The molecule has 4 unspecified atom stereocenters. The van der Waals surface area contributed by atoms with E-state index in [4.69, 9.17) is 5.11 Å². The van der Waals surface area contributed by atoms with Crippen LogP contribution < -0.4 is 0 Å². The van der Waals surface area contributed by atoms with Gasteiger partial charge >= 0.3 is 11.9 Å². The summed E-state index contributed by atoms with van der Waals surface area (Å²) in [4.78, 5) is 22.4. The first-order valence-corrected chi connectivity index (χ1v) is 5.94. The topological polar surface area (TPSA) is 74.6 Å². The number of carboxylic acids is 2. The van der Waals surface area contributed by atoms with Crippen molar-refractivity contribution in [3.05, 3.63) is 0 Å². The zero-order valence-electron chi connectivity index (χ0n) is 9.85. The van der Waals surface area contributed by atoms with E-state index in [0.717, 1.165) is 25.7 Å². The zero-order chi connectivity index (χ0) is 12.3. The lowest BCUT2D eigenvalue weighted by atomic mass is 9.66. The van der Waals surface area contributed by atoms with Crippen LogP contribution in [0.3, 0.4) is 0 Å². The van der Waals surface area contributed by atoms with Gasteiger partial charge in [-0.05, 0) is 31.1 Å². The van der Waals surface area contributed by atoms with Gasteiger partial charge in [0.15, 0.2) is 0 Å². The highest BCUT2D eigenvalue weighted by Gasteiger charge is 2.45. The molecule has 0 aromatic rings. The molecule has 16 heavy (non-hydrogen) atoms. The molecule has 1 saturated carbocycles. The lowest BCUT2D eigenvalue weighted by Crippen LogP contribution is -2.42. The Balaban J connectivity index is 2.91. The fourth-order valence-corrected chi connectivity index (χ4v) is 2.93. The predicted octanol–water partition coefficient (Wildman–Crippen LogP) is 2.23. The molecule has 1 rings (SSSR count). The Labute approximate surface area is 95.7 Å². The monoisotopic (exact) mass is 228 g/mol. The Bertz CT molecular complexity index is 274. The molecular weight excluding hydrogens is 208 g/mol. The third-order valence-corrected chi connectivity index (χ3v) is 3.73. The van der Waals surface area contributed by atoms with Crippen LogP contribution in [0.4, 0.5) is 0 Å². The predicted molar refractivity (Wildman–Crippen MR) is 59.0 cm³/mol. The number of carbonyl (C=O) groups is 2. The highest BCUT2D eigenvalue weighted by molar-refractivity contribution is 5.80. The Morgan fingerprint density at radius 3 is 2.12 bits per heavy atom. The second-order valence-corrected chi connectivity index (χ2v) is 4.83. The minimum Gasteiger partial charge on any atom is -0.481 e. The molecule has 0 heterocycles. The van der Waals surface area contributed by atoms with Gasteiger partial charge in [-0.15, -0.1) is 0 Å². The van der Waals surface area contributed by atoms with E-state index >= 15 is 0 Å². The SMILES string of the molecule is CCCC1CCC(C)C(C(=O)O)C1C(=O)O. The van der Waals surface area contributed by atoms with Crippen LogP contribution in [0.25, 0.3) is 0 Å². The van der Waals surface area contributed by atoms with Crippen molar-refractivity contribution < 1.29 is 19.8 Å². The quantitative estimate of drug-likeness (QED) is 0.773. The summed E-state index contributed by atoms with van der Waals surface area (Å²) in [6.07, 6.45) is 3.39. The van der Waals surface area contributed by atoms with Gasteiger partial charge in [-0.3, -0.25) is 9.59 Å². The summed E-state index contributed by atoms with van der Waals surface area (Å²) >= 11 is 0. The summed E-state index contributed by atoms with van der Waals surface area (Å²) in [5.74, 6) is -3.34. The summed E-state index contributed by atoms with van der Waals surface area (Å²) in [6.45, 7) is 3.85. The van der Waals surface area contributed by atoms with Gasteiger partial charge in [0.05, 0.1) is 11.8 Å². The summed E-state index contributed by atoms with van der Waals surface area (Å²) in [6, 6.07) is 0. The van der Waals surface area contributed by atoms with Gasteiger partial charge in [-0.25, -0.2) is 0 Å². The van der Waals surface area contributed by atoms with Crippen molar-refractivity contribution in [1.29, 1.82) is 0 Å². The molecule has 92 valence electrons. The van der Waals surface area contributed by atoms with Crippen LogP contribution in [-0.4, -0.2) is 22.2 Å². The van der Waals surface area contributed by atoms with Crippen molar-refractivity contribution >= 4 is 11.9 Å². The van der Waals surface area contributed by atoms with Crippen molar-refractivity contribution in [2.75, 3.05) is 0 Å². The molecule has 0 aromatic carbocycles. The highest BCUT2D eigenvalue weighted by atomic mass is 16.4. The maximum Gasteiger partial charge on any atom is 0.307 e. The number of aliphatic carboxylic acids is 2. The second-order valence-electron chi connectivity index (χ2n) is 4.83. The van der Waals surface area contributed by atoms with Crippen molar-refractivity contribution in [2.24, 2.45) is 23.7 Å². The largest absolute Gasteiger partial charge is 0.481 e. The number of rotatable bonds is 4. The van der Waals surface area contributed by atoms with Crippen LogP contribution in [0.1, 0.15) is 39.5 Å². The first-order chi connectivity index (χ1) is 7.49. The summed E-state index contributed by atoms with van der Waals surface area (Å²) in [5.41, 5.74) is 0. The third kappa shape index (κ3) is 2.54. The van der Waals surface area contributed by atoms with Crippen LogP contribution in [0, 0.1) is 23.7 Å². The van der Waals surface area contributed by atoms with Crippen molar-refractivity contribution in [1.82, 2.24) is 0 Å². The molecule has 1 aliphatic carbocycles. The Hall–Kier alpha value is -1.06. The minimum atomic E-state index is -0.958. The number of hydrogen-bond donors (Lipinski definition) is 2. The lowest BCUT2D eigenvalue weighted by molar-refractivity contribution is -0.161. The van der Waals surface area contributed by atoms with E-state index in [1.165, 1.54) is 0 Å². The first-order valence-electron chi connectivity index (χ1n) is 5.94. The van der Waals surface area contributed by atoms with E-state index in [0.29, 0.717) is 0 Å². The van der Waals surface area contributed by atoms with Gasteiger partial charge in [-0.2, -0.15) is 0 Å². The van der Waals surface area contributed by atoms with Gasteiger partial charge in [0.25, 0.3) is 0 Å². The molecule has 0 amide bonds. The third-order valence-electron chi connectivity index (χ3n) is 3.73. The molecule has 0 aromatic heterocycles. The summed E-state index contributed by atoms with van der Waals surface area (Å²) in [5, 5.41) is 18.4. The average molecular weight is 228 g/mol. The van der Waals surface area contributed by atoms with E-state index in [-0.39, 0.29) is 11.8 Å². The fraction of sp³-hybridized carbons (Fsp3) is 0.833. The molecule has 4 nitrogen and oxygen atoms in total. The number of hydrogen-bond acceptors (Lipinski definition) is 2. The molecule has 4 atom stereocenters. The number of carboxylic acid groups (broad SMARTS) is 2. The summed E-state index contributed by atoms with van der Waals surface area (Å²) in [7, 11) is 0. The van der Waals surface area contributed by atoms with Gasteiger partial charge in [-0.1, -0.05) is 20.3 Å². The summed E-state index contributed by atoms with van der Waals surface area (Å²) < 4.78 is 0. The molecule has 1 fully saturated rings. The molecule has 2 N–H and O–H groups in total. The molecule has 4 heteroatoms. The minimum absolute atomic E-state index is 0.0276. The molecule has 0 aliphatic heterocycles. The van der Waals surface area contributed by atoms with E-state index in [2.05, 4.69) is 0 Å². The van der Waals surface area contributed by atoms with Gasteiger partial charge in [0, 0.05) is 0 Å². The van der Waals surface area contributed by atoms with E-state index < -0.39 is 23.8 Å². The van der Waals surface area contributed by atoms with Crippen molar-refractivity contribution in [3.63, 3.8) is 0 Å². The first kappa shape index (κ1) is 13.0. The van der Waals surface area contributed by atoms with Gasteiger partial charge in [0.1, 0.15) is 0 Å². The zero-order valence-corrected chi connectivity index (χ0v) is 9.85.